The Hall–Kier alpha value is -3.08. The van der Waals surface area contributed by atoms with Gasteiger partial charge in [0.05, 0.1) is 11.3 Å². The Morgan fingerprint density at radius 1 is 1.27 bits per heavy atom. The number of aromatic hydroxyl groups is 1. The van der Waals surface area contributed by atoms with Gasteiger partial charge in [-0.2, -0.15) is 0 Å². The molecule has 1 aliphatic rings. The first kappa shape index (κ1) is 21.6. The predicted octanol–water partition coefficient (Wildman–Crippen LogP) is 3.62. The molecular formula is C25H32N4O. The number of hydrogen-bond acceptors (Lipinski definition) is 3. The van der Waals surface area contributed by atoms with E-state index in [2.05, 4.69) is 61.1 Å². The van der Waals surface area contributed by atoms with Crippen molar-refractivity contribution in [3.05, 3.63) is 62.8 Å². The lowest BCUT2D eigenvalue weighted by Crippen LogP contribution is -2.34. The van der Waals surface area contributed by atoms with Gasteiger partial charge in [0.1, 0.15) is 5.84 Å². The van der Waals surface area contributed by atoms with Crippen LogP contribution in [0.4, 0.5) is 0 Å². The van der Waals surface area contributed by atoms with E-state index in [4.69, 9.17) is 11.1 Å². The maximum atomic E-state index is 10.6. The number of benzene rings is 1. The number of allylic oxidation sites excluding steroid dienone is 1. The van der Waals surface area contributed by atoms with Crippen molar-refractivity contribution < 1.29 is 5.11 Å². The predicted molar refractivity (Wildman–Crippen MR) is 126 cm³/mol. The standard InChI is InChI=1S/C25H32N4O/c1-6-17-9-8-14(3)19(11-17)20-13-21-22(12-18(20)7-2)29-25(30)24(21)16(5)28-23(27)10-15(4)26/h8-13,18,20,27,29-30H,6-7,26H2,1-5H3. The van der Waals surface area contributed by atoms with Crippen molar-refractivity contribution in [2.75, 3.05) is 0 Å². The number of nitrogens with one attached hydrogen (secondary N) is 2. The molecule has 0 saturated heterocycles. The Morgan fingerprint density at radius 2 is 2.00 bits per heavy atom. The van der Waals surface area contributed by atoms with E-state index in [0.717, 1.165) is 23.4 Å². The molecule has 1 heterocycles. The highest BCUT2D eigenvalue weighted by molar-refractivity contribution is 6.09. The number of amidine groups is 1. The number of aliphatic imine (C=N–C) groups is 1. The number of fused-ring (bicyclic) bond motifs is 1. The van der Waals surface area contributed by atoms with Crippen LogP contribution in [-0.4, -0.2) is 21.6 Å². The van der Waals surface area contributed by atoms with Crippen LogP contribution in [0.2, 0.25) is 0 Å². The number of rotatable bonds is 5. The zero-order valence-corrected chi connectivity index (χ0v) is 18.5. The molecule has 2 unspecified atom stereocenters. The van der Waals surface area contributed by atoms with Crippen LogP contribution in [-0.2, 0) is 6.42 Å². The Morgan fingerprint density at radius 3 is 2.63 bits per heavy atom. The molecule has 158 valence electrons. The first-order chi connectivity index (χ1) is 14.2. The topological polar surface area (TPSA) is 98.2 Å². The molecular weight excluding hydrogens is 372 g/mol. The van der Waals surface area contributed by atoms with Crippen LogP contribution in [0.15, 0.2) is 35.0 Å². The zero-order valence-electron chi connectivity index (χ0n) is 18.5. The second kappa shape index (κ2) is 8.74. The van der Waals surface area contributed by atoms with E-state index in [-0.39, 0.29) is 17.6 Å². The summed E-state index contributed by atoms with van der Waals surface area (Å²) in [5, 5.41) is 20.5. The lowest BCUT2D eigenvalue weighted by atomic mass is 9.78. The van der Waals surface area contributed by atoms with E-state index >= 15 is 0 Å². The van der Waals surface area contributed by atoms with Crippen LogP contribution in [0.5, 0.6) is 5.88 Å². The number of hydrogen-bond donors (Lipinski definition) is 4. The first-order valence-corrected chi connectivity index (χ1v) is 10.6. The summed E-state index contributed by atoms with van der Waals surface area (Å²) in [7, 11) is 0. The number of aryl methyl sites for hydroxylation is 2. The van der Waals surface area contributed by atoms with Crippen molar-refractivity contribution in [1.29, 1.82) is 5.41 Å². The summed E-state index contributed by atoms with van der Waals surface area (Å²) in [6, 6.07) is 6.71. The third-order valence-corrected chi connectivity index (χ3v) is 5.83. The summed E-state index contributed by atoms with van der Waals surface area (Å²) < 4.78 is 0. The third kappa shape index (κ3) is 4.25. The average Bonchev–Trinajstić information content (AvgIpc) is 3.01. The van der Waals surface area contributed by atoms with Crippen LogP contribution in [0.1, 0.15) is 62.3 Å². The number of aromatic nitrogens is 1. The normalized spacial score (nSPS) is 19.1. The number of nitrogens with zero attached hydrogens (tertiary/aromatic N) is 1. The lowest BCUT2D eigenvalue weighted by molar-refractivity contribution is 0.455. The summed E-state index contributed by atoms with van der Waals surface area (Å²) in [4.78, 5) is 7.45. The molecule has 5 nitrogen and oxygen atoms in total. The van der Waals surface area contributed by atoms with Crippen molar-refractivity contribution >= 4 is 23.7 Å². The molecule has 5 heteroatoms. The van der Waals surface area contributed by atoms with E-state index < -0.39 is 0 Å². The number of nitrogens with two attached hydrogens (primary N) is 1. The Labute approximate surface area is 178 Å². The molecule has 0 saturated carbocycles. The minimum atomic E-state index is 0.0658. The molecule has 1 aromatic carbocycles. The average molecular weight is 405 g/mol. The summed E-state index contributed by atoms with van der Waals surface area (Å²) in [5.41, 5.74) is 11.4. The van der Waals surface area contributed by atoms with Gasteiger partial charge in [0.25, 0.3) is 0 Å². The molecule has 0 amide bonds. The van der Waals surface area contributed by atoms with Gasteiger partial charge in [0.2, 0.25) is 0 Å². The van der Waals surface area contributed by atoms with Crippen molar-refractivity contribution in [3.63, 3.8) is 0 Å². The largest absolute Gasteiger partial charge is 0.494 e. The van der Waals surface area contributed by atoms with Gasteiger partial charge in [-0.3, -0.25) is 5.41 Å². The van der Waals surface area contributed by atoms with Gasteiger partial charge in [-0.05, 0) is 56.2 Å². The maximum Gasteiger partial charge on any atom is 0.198 e. The fourth-order valence-corrected chi connectivity index (χ4v) is 4.26. The summed E-state index contributed by atoms with van der Waals surface area (Å²) in [6.07, 6.45) is 7.99. The molecule has 3 rings (SSSR count). The molecule has 0 spiro atoms. The molecule has 30 heavy (non-hydrogen) atoms. The van der Waals surface area contributed by atoms with Gasteiger partial charge in [-0.15, -0.1) is 0 Å². The van der Waals surface area contributed by atoms with Crippen LogP contribution in [0.25, 0.3) is 12.2 Å². The van der Waals surface area contributed by atoms with Crippen molar-refractivity contribution in [2.45, 2.75) is 53.4 Å². The highest BCUT2D eigenvalue weighted by atomic mass is 16.3. The quantitative estimate of drug-likeness (QED) is 0.452. The summed E-state index contributed by atoms with van der Waals surface area (Å²) >= 11 is 0. The molecule has 0 bridgehead atoms. The Bertz CT molecular complexity index is 1150. The van der Waals surface area contributed by atoms with Crippen LogP contribution >= 0.6 is 0 Å². The minimum Gasteiger partial charge on any atom is -0.494 e. The molecule has 0 radical (unpaired) electrons. The Kier molecular flexibility index (Phi) is 6.30. The lowest BCUT2D eigenvalue weighted by Gasteiger charge is -2.25. The van der Waals surface area contributed by atoms with E-state index in [9.17, 15) is 5.11 Å². The van der Waals surface area contributed by atoms with E-state index in [0.29, 0.717) is 22.9 Å². The Balaban J connectivity index is 2.18. The summed E-state index contributed by atoms with van der Waals surface area (Å²) in [5.74, 6) is 0.717. The second-order valence-electron chi connectivity index (χ2n) is 8.12. The van der Waals surface area contributed by atoms with Crippen molar-refractivity contribution in [1.82, 2.24) is 4.98 Å². The van der Waals surface area contributed by atoms with Crippen LogP contribution in [0, 0.1) is 18.3 Å². The molecule has 2 atom stereocenters. The van der Waals surface area contributed by atoms with Crippen molar-refractivity contribution in [2.24, 2.45) is 16.6 Å². The van der Waals surface area contributed by atoms with Crippen LogP contribution < -0.4 is 16.3 Å². The minimum absolute atomic E-state index is 0.0658. The van der Waals surface area contributed by atoms with Gasteiger partial charge in [0, 0.05) is 28.3 Å². The van der Waals surface area contributed by atoms with Gasteiger partial charge in [-0.25, -0.2) is 4.99 Å². The molecule has 0 aliphatic heterocycles. The fraction of sp³-hybridized carbons (Fsp3) is 0.360. The first-order valence-electron chi connectivity index (χ1n) is 10.6. The number of aromatic amines is 1. The molecule has 5 N–H and O–H groups in total. The second-order valence-corrected chi connectivity index (χ2v) is 8.12. The SMILES string of the molecule is CCc1ccc(C)c(C2C=c3c(C(C)=NC(=N)C=C(C)N)c(O)[nH]c3=CC2CC)c1. The van der Waals surface area contributed by atoms with Gasteiger partial charge in [0.15, 0.2) is 5.88 Å². The van der Waals surface area contributed by atoms with E-state index in [1.54, 1.807) is 6.92 Å². The maximum absolute atomic E-state index is 10.6. The third-order valence-electron chi connectivity index (χ3n) is 5.83. The molecule has 1 aliphatic carbocycles. The highest BCUT2D eigenvalue weighted by Crippen LogP contribution is 2.34. The highest BCUT2D eigenvalue weighted by Gasteiger charge is 2.25. The monoisotopic (exact) mass is 404 g/mol. The van der Waals surface area contributed by atoms with Gasteiger partial charge < -0.3 is 15.8 Å². The fourth-order valence-electron chi connectivity index (χ4n) is 4.26. The molecule has 1 aromatic heterocycles. The molecule has 0 fully saturated rings. The molecule has 2 aromatic rings. The van der Waals surface area contributed by atoms with E-state index in [1.807, 2.05) is 6.92 Å². The van der Waals surface area contributed by atoms with E-state index in [1.165, 1.54) is 22.8 Å². The zero-order chi connectivity index (χ0) is 22.0. The smallest absolute Gasteiger partial charge is 0.198 e. The van der Waals surface area contributed by atoms with Gasteiger partial charge >= 0.3 is 0 Å². The van der Waals surface area contributed by atoms with Crippen LogP contribution in [0.3, 0.4) is 0 Å². The van der Waals surface area contributed by atoms with Crippen molar-refractivity contribution in [3.8, 4) is 5.88 Å². The summed E-state index contributed by atoms with van der Waals surface area (Å²) in [6.45, 7) is 10.1. The number of H-pyrrole nitrogens is 1. The van der Waals surface area contributed by atoms with Gasteiger partial charge in [-0.1, -0.05) is 44.2 Å².